The van der Waals surface area contributed by atoms with Crippen molar-refractivity contribution in [2.75, 3.05) is 23.7 Å². The predicted molar refractivity (Wildman–Crippen MR) is 85.6 cm³/mol. The Hall–Kier alpha value is -1.07. The second kappa shape index (κ2) is 5.97. The van der Waals surface area contributed by atoms with Crippen molar-refractivity contribution < 1.29 is 8.42 Å². The Morgan fingerprint density at radius 1 is 1.19 bits per heavy atom. The molecular weight excluding hydrogens is 284 g/mol. The van der Waals surface area contributed by atoms with Crippen LogP contribution in [0.5, 0.6) is 0 Å². The molecule has 2 aliphatic rings. The Kier molecular flexibility index (Phi) is 4.22. The van der Waals surface area contributed by atoms with E-state index in [-0.39, 0.29) is 5.75 Å². The lowest BCUT2D eigenvalue weighted by molar-refractivity contribution is 0.571. The lowest BCUT2D eigenvalue weighted by Crippen LogP contribution is -2.38. The highest BCUT2D eigenvalue weighted by Crippen LogP contribution is 2.27. The molecule has 0 spiro atoms. The highest BCUT2D eigenvalue weighted by Gasteiger charge is 2.28. The van der Waals surface area contributed by atoms with Crippen molar-refractivity contribution in [2.45, 2.75) is 49.6 Å². The van der Waals surface area contributed by atoms with Gasteiger partial charge >= 0.3 is 0 Å². The van der Waals surface area contributed by atoms with Gasteiger partial charge in [-0.3, -0.25) is 0 Å². The molecule has 1 atom stereocenters. The second-order valence-corrected chi connectivity index (χ2v) is 8.35. The molecule has 1 heterocycles. The van der Waals surface area contributed by atoms with Gasteiger partial charge in [-0.05, 0) is 49.9 Å². The average molecular weight is 308 g/mol. The van der Waals surface area contributed by atoms with Crippen molar-refractivity contribution in [3.8, 4) is 0 Å². The van der Waals surface area contributed by atoms with Crippen molar-refractivity contribution in [1.82, 2.24) is 5.32 Å². The zero-order valence-corrected chi connectivity index (χ0v) is 13.4. The van der Waals surface area contributed by atoms with Crippen molar-refractivity contribution in [3.05, 3.63) is 24.3 Å². The predicted octanol–water partition coefficient (Wildman–Crippen LogP) is 2.20. The molecule has 1 aliphatic heterocycles. The molecule has 1 unspecified atom stereocenters. The Labute approximate surface area is 127 Å². The van der Waals surface area contributed by atoms with Gasteiger partial charge in [0.15, 0.2) is 9.84 Å². The fraction of sp³-hybridized carbons (Fsp3) is 0.625. The first kappa shape index (κ1) is 14.9. The fourth-order valence-corrected chi connectivity index (χ4v) is 3.87. The minimum atomic E-state index is -3.10. The molecule has 1 aromatic carbocycles. The highest BCUT2D eigenvalue weighted by atomic mass is 32.2. The molecule has 21 heavy (non-hydrogen) atoms. The second-order valence-electron chi connectivity index (χ2n) is 6.07. The topological polar surface area (TPSA) is 49.4 Å². The van der Waals surface area contributed by atoms with Gasteiger partial charge in [0.05, 0.1) is 10.6 Å². The van der Waals surface area contributed by atoms with E-state index < -0.39 is 9.84 Å². The van der Waals surface area contributed by atoms with Gasteiger partial charge in [0.25, 0.3) is 0 Å². The lowest BCUT2D eigenvalue weighted by atomic mass is 10.2. The summed E-state index contributed by atoms with van der Waals surface area (Å²) in [5, 5.41) is 3.61. The van der Waals surface area contributed by atoms with Crippen LogP contribution in [0.15, 0.2) is 29.2 Å². The maximum atomic E-state index is 11.9. The number of rotatable bonds is 6. The molecule has 0 bridgehead atoms. The van der Waals surface area contributed by atoms with E-state index in [0.29, 0.717) is 10.9 Å². The van der Waals surface area contributed by atoms with Crippen LogP contribution in [-0.2, 0) is 9.84 Å². The Morgan fingerprint density at radius 3 is 2.52 bits per heavy atom. The van der Waals surface area contributed by atoms with E-state index in [1.807, 2.05) is 12.1 Å². The van der Waals surface area contributed by atoms with E-state index in [1.165, 1.54) is 25.7 Å². The number of sulfone groups is 1. The summed E-state index contributed by atoms with van der Waals surface area (Å²) >= 11 is 0. The van der Waals surface area contributed by atoms with Crippen LogP contribution < -0.4 is 10.2 Å². The zero-order valence-electron chi connectivity index (χ0n) is 12.6. The van der Waals surface area contributed by atoms with E-state index in [0.717, 1.165) is 24.8 Å². The molecule has 1 saturated heterocycles. The zero-order chi connectivity index (χ0) is 14.9. The van der Waals surface area contributed by atoms with Crippen LogP contribution in [0.1, 0.15) is 32.6 Å². The summed E-state index contributed by atoms with van der Waals surface area (Å²) in [7, 11) is -3.10. The monoisotopic (exact) mass is 308 g/mol. The summed E-state index contributed by atoms with van der Waals surface area (Å²) in [6.07, 6.45) is 5.06. The number of hydrogen-bond donors (Lipinski definition) is 1. The maximum absolute atomic E-state index is 11.9. The van der Waals surface area contributed by atoms with Gasteiger partial charge in [-0.2, -0.15) is 0 Å². The molecule has 3 rings (SSSR count). The summed E-state index contributed by atoms with van der Waals surface area (Å²) in [5.74, 6) is 0.157. The first-order valence-corrected chi connectivity index (χ1v) is 9.58. The van der Waals surface area contributed by atoms with Gasteiger partial charge in [0.1, 0.15) is 0 Å². The third kappa shape index (κ3) is 3.40. The molecule has 4 nitrogen and oxygen atoms in total. The summed E-state index contributed by atoms with van der Waals surface area (Å²) in [6, 6.07) is 8.69. The van der Waals surface area contributed by atoms with Gasteiger partial charge in [-0.25, -0.2) is 8.42 Å². The van der Waals surface area contributed by atoms with E-state index in [9.17, 15) is 8.42 Å². The first-order valence-electron chi connectivity index (χ1n) is 7.93. The number of hydrogen-bond acceptors (Lipinski definition) is 4. The van der Waals surface area contributed by atoms with Crippen LogP contribution in [0.2, 0.25) is 0 Å². The maximum Gasteiger partial charge on any atom is 0.178 e. The van der Waals surface area contributed by atoms with Crippen molar-refractivity contribution in [3.63, 3.8) is 0 Å². The highest BCUT2D eigenvalue weighted by molar-refractivity contribution is 7.91. The van der Waals surface area contributed by atoms with Crippen LogP contribution >= 0.6 is 0 Å². The molecule has 0 amide bonds. The lowest BCUT2D eigenvalue weighted by Gasteiger charge is -2.27. The van der Waals surface area contributed by atoms with Crippen molar-refractivity contribution in [2.24, 2.45) is 0 Å². The van der Waals surface area contributed by atoms with Gasteiger partial charge < -0.3 is 10.2 Å². The number of nitrogens with one attached hydrogen (secondary N) is 1. The molecule has 2 fully saturated rings. The quantitative estimate of drug-likeness (QED) is 0.875. The average Bonchev–Trinajstić information content (AvgIpc) is 3.22. The van der Waals surface area contributed by atoms with Crippen LogP contribution in [0.25, 0.3) is 0 Å². The summed E-state index contributed by atoms with van der Waals surface area (Å²) in [5.41, 5.74) is 1.14. The van der Waals surface area contributed by atoms with E-state index >= 15 is 0 Å². The van der Waals surface area contributed by atoms with Crippen molar-refractivity contribution in [1.29, 1.82) is 0 Å². The van der Waals surface area contributed by atoms with Crippen molar-refractivity contribution >= 4 is 15.5 Å². The molecule has 0 radical (unpaired) electrons. The molecule has 116 valence electrons. The van der Waals surface area contributed by atoms with E-state index in [4.69, 9.17) is 0 Å². The fourth-order valence-electron chi connectivity index (χ4n) is 2.99. The number of nitrogens with zero attached hydrogens (tertiary/aromatic N) is 1. The Morgan fingerprint density at radius 2 is 1.90 bits per heavy atom. The molecule has 5 heteroatoms. The van der Waals surface area contributed by atoms with Gasteiger partial charge in [-0.1, -0.05) is 6.92 Å². The molecule has 1 saturated carbocycles. The largest absolute Gasteiger partial charge is 0.367 e. The Balaban J connectivity index is 1.70. The smallest absolute Gasteiger partial charge is 0.178 e. The van der Waals surface area contributed by atoms with E-state index in [2.05, 4.69) is 10.2 Å². The minimum Gasteiger partial charge on any atom is -0.367 e. The summed E-state index contributed by atoms with van der Waals surface area (Å²) in [6.45, 7) is 3.79. The first-order chi connectivity index (χ1) is 10.1. The Bertz CT molecular complexity index is 579. The molecular formula is C16H24N2O2S. The van der Waals surface area contributed by atoms with Gasteiger partial charge in [0.2, 0.25) is 0 Å². The number of anilines is 1. The standard InChI is InChI=1S/C16H24N2O2S/c1-2-21(19,20)16-9-7-14(8-10-16)18-11-3-4-15(18)12-17-13-5-6-13/h7-10,13,15,17H,2-6,11-12H2,1H3. The normalized spacial score (nSPS) is 22.7. The van der Waals surface area contributed by atoms with Gasteiger partial charge in [0, 0.05) is 30.9 Å². The molecule has 1 aliphatic carbocycles. The summed E-state index contributed by atoms with van der Waals surface area (Å²) < 4.78 is 23.7. The summed E-state index contributed by atoms with van der Waals surface area (Å²) in [4.78, 5) is 2.85. The minimum absolute atomic E-state index is 0.157. The third-order valence-corrected chi connectivity index (χ3v) is 6.25. The molecule has 1 N–H and O–H groups in total. The van der Waals surface area contributed by atoms with Crippen LogP contribution in [0.3, 0.4) is 0 Å². The molecule has 0 aromatic heterocycles. The van der Waals surface area contributed by atoms with Gasteiger partial charge in [-0.15, -0.1) is 0 Å². The van der Waals surface area contributed by atoms with Crippen LogP contribution in [0, 0.1) is 0 Å². The third-order valence-electron chi connectivity index (χ3n) is 4.50. The molecule has 1 aromatic rings. The SMILES string of the molecule is CCS(=O)(=O)c1ccc(N2CCCC2CNC2CC2)cc1. The van der Waals surface area contributed by atoms with E-state index in [1.54, 1.807) is 19.1 Å². The number of benzene rings is 1. The van der Waals surface area contributed by atoms with Crippen LogP contribution in [0.4, 0.5) is 5.69 Å². The van der Waals surface area contributed by atoms with Crippen LogP contribution in [-0.4, -0.2) is 39.3 Å².